The lowest BCUT2D eigenvalue weighted by molar-refractivity contribution is 0.598. The molecule has 0 bridgehead atoms. The van der Waals surface area contributed by atoms with E-state index >= 15 is 0 Å². The maximum atomic E-state index is 6.39. The summed E-state index contributed by atoms with van der Waals surface area (Å²) in [5.41, 5.74) is 2.40. The first-order valence-electron chi connectivity index (χ1n) is 7.00. The third-order valence-electron chi connectivity index (χ3n) is 3.27. The molecule has 0 saturated heterocycles. The second-order valence-electron chi connectivity index (χ2n) is 4.88. The number of hydrogen-bond donors (Lipinski definition) is 1. The molecule has 112 valence electrons. The average molecular weight is 340 g/mol. The summed E-state index contributed by atoms with van der Waals surface area (Å²) in [6, 6.07) is 14.5. The second kappa shape index (κ2) is 8.09. The van der Waals surface area contributed by atoms with Crippen LogP contribution in [0.5, 0.6) is 0 Å². The predicted molar refractivity (Wildman–Crippen MR) is 94.6 cm³/mol. The van der Waals surface area contributed by atoms with Crippen LogP contribution in [0.2, 0.25) is 10.0 Å². The fraction of sp³-hybridized carbons (Fsp3) is 0.294. The lowest BCUT2D eigenvalue weighted by atomic mass is 10.1. The molecule has 2 aromatic carbocycles. The van der Waals surface area contributed by atoms with Gasteiger partial charge in [0.05, 0.1) is 0 Å². The summed E-state index contributed by atoms with van der Waals surface area (Å²) < 4.78 is 0. The Labute approximate surface area is 141 Å². The van der Waals surface area contributed by atoms with E-state index in [0.717, 1.165) is 27.9 Å². The maximum absolute atomic E-state index is 6.39. The molecule has 1 N–H and O–H groups in total. The third kappa shape index (κ3) is 4.93. The van der Waals surface area contributed by atoms with Crippen LogP contribution >= 0.6 is 35.0 Å². The Morgan fingerprint density at radius 1 is 1.10 bits per heavy atom. The van der Waals surface area contributed by atoms with Crippen molar-refractivity contribution in [3.8, 4) is 0 Å². The molecular formula is C17H19Cl2NS. The van der Waals surface area contributed by atoms with Crippen LogP contribution in [-0.4, -0.2) is 6.54 Å². The first-order chi connectivity index (χ1) is 10.1. The molecule has 1 nitrogen and oxygen atoms in total. The average Bonchev–Trinajstić information content (AvgIpc) is 2.47. The molecule has 0 saturated carbocycles. The molecule has 4 heteroatoms. The standard InChI is InChI=1S/C17H19Cl2NS/c1-3-20-12(2)16-9-8-15(10-17(16)19)21-11-13-4-6-14(18)7-5-13/h4-10,12,20H,3,11H2,1-2H3. The van der Waals surface area contributed by atoms with E-state index in [1.165, 1.54) is 10.5 Å². The van der Waals surface area contributed by atoms with Gasteiger partial charge in [-0.15, -0.1) is 11.8 Å². The molecule has 0 aliphatic carbocycles. The Morgan fingerprint density at radius 3 is 2.43 bits per heavy atom. The minimum atomic E-state index is 0.276. The van der Waals surface area contributed by atoms with E-state index < -0.39 is 0 Å². The van der Waals surface area contributed by atoms with Crippen molar-refractivity contribution in [1.82, 2.24) is 5.32 Å². The Kier molecular flexibility index (Phi) is 6.43. The lowest BCUT2D eigenvalue weighted by Crippen LogP contribution is -2.17. The van der Waals surface area contributed by atoms with E-state index in [4.69, 9.17) is 23.2 Å². The first-order valence-corrected chi connectivity index (χ1v) is 8.74. The molecule has 0 aliphatic rings. The van der Waals surface area contributed by atoms with Crippen molar-refractivity contribution in [2.75, 3.05) is 6.54 Å². The highest BCUT2D eigenvalue weighted by Gasteiger charge is 2.09. The van der Waals surface area contributed by atoms with Crippen LogP contribution in [0.25, 0.3) is 0 Å². The number of thioether (sulfide) groups is 1. The highest BCUT2D eigenvalue weighted by molar-refractivity contribution is 7.98. The third-order valence-corrected chi connectivity index (χ3v) is 4.91. The summed E-state index contributed by atoms with van der Waals surface area (Å²) in [6.07, 6.45) is 0. The Bertz CT molecular complexity index is 584. The van der Waals surface area contributed by atoms with Crippen molar-refractivity contribution >= 4 is 35.0 Å². The molecule has 0 aliphatic heterocycles. The van der Waals surface area contributed by atoms with Gasteiger partial charge in [0.1, 0.15) is 0 Å². The number of benzene rings is 2. The van der Waals surface area contributed by atoms with Gasteiger partial charge in [-0.2, -0.15) is 0 Å². The Balaban J connectivity index is 2.01. The topological polar surface area (TPSA) is 12.0 Å². The van der Waals surface area contributed by atoms with E-state index in [0.29, 0.717) is 0 Å². The van der Waals surface area contributed by atoms with Gasteiger partial charge in [-0.05, 0) is 48.9 Å². The fourth-order valence-electron chi connectivity index (χ4n) is 2.11. The first kappa shape index (κ1) is 16.7. The van der Waals surface area contributed by atoms with Gasteiger partial charge in [-0.25, -0.2) is 0 Å². The van der Waals surface area contributed by atoms with E-state index in [9.17, 15) is 0 Å². The molecule has 0 aromatic heterocycles. The minimum Gasteiger partial charge on any atom is -0.310 e. The van der Waals surface area contributed by atoms with E-state index in [1.807, 2.05) is 18.2 Å². The highest BCUT2D eigenvalue weighted by Crippen LogP contribution is 2.30. The zero-order valence-corrected chi connectivity index (χ0v) is 14.5. The molecule has 1 unspecified atom stereocenters. The zero-order valence-electron chi connectivity index (χ0n) is 12.2. The summed E-state index contributed by atoms with van der Waals surface area (Å²) in [6.45, 7) is 5.16. The van der Waals surface area contributed by atoms with Crippen LogP contribution in [-0.2, 0) is 5.75 Å². The minimum absolute atomic E-state index is 0.276. The summed E-state index contributed by atoms with van der Waals surface area (Å²) in [4.78, 5) is 1.18. The van der Waals surface area contributed by atoms with Crippen molar-refractivity contribution in [3.63, 3.8) is 0 Å². The molecule has 0 radical (unpaired) electrons. The van der Waals surface area contributed by atoms with Crippen molar-refractivity contribution < 1.29 is 0 Å². The predicted octanol–water partition coefficient (Wildman–Crippen LogP) is 5.96. The van der Waals surface area contributed by atoms with Crippen LogP contribution in [0.3, 0.4) is 0 Å². The van der Waals surface area contributed by atoms with Crippen LogP contribution in [0.1, 0.15) is 31.0 Å². The van der Waals surface area contributed by atoms with Gasteiger partial charge in [0, 0.05) is 26.7 Å². The van der Waals surface area contributed by atoms with Crippen molar-refractivity contribution in [2.24, 2.45) is 0 Å². The number of rotatable bonds is 6. The molecular weight excluding hydrogens is 321 g/mol. The summed E-state index contributed by atoms with van der Waals surface area (Å²) >= 11 is 14.1. The summed E-state index contributed by atoms with van der Waals surface area (Å²) in [7, 11) is 0. The van der Waals surface area contributed by atoms with E-state index in [2.05, 4.69) is 43.4 Å². The molecule has 2 aromatic rings. The smallest absolute Gasteiger partial charge is 0.0464 e. The molecule has 0 fully saturated rings. The Morgan fingerprint density at radius 2 is 1.81 bits per heavy atom. The van der Waals surface area contributed by atoms with Crippen LogP contribution in [0.15, 0.2) is 47.4 Å². The van der Waals surface area contributed by atoms with E-state index in [-0.39, 0.29) is 6.04 Å². The maximum Gasteiger partial charge on any atom is 0.0464 e. The molecule has 21 heavy (non-hydrogen) atoms. The second-order valence-corrected chi connectivity index (χ2v) is 6.77. The zero-order chi connectivity index (χ0) is 15.2. The fourth-order valence-corrected chi connectivity index (χ4v) is 3.54. The van der Waals surface area contributed by atoms with Gasteiger partial charge >= 0.3 is 0 Å². The largest absolute Gasteiger partial charge is 0.310 e. The van der Waals surface area contributed by atoms with Crippen LogP contribution in [0.4, 0.5) is 0 Å². The number of halogens is 2. The normalized spacial score (nSPS) is 12.4. The molecule has 0 amide bonds. The number of nitrogens with one attached hydrogen (secondary N) is 1. The number of hydrogen-bond acceptors (Lipinski definition) is 2. The van der Waals surface area contributed by atoms with Crippen LogP contribution < -0.4 is 5.32 Å². The van der Waals surface area contributed by atoms with Gasteiger partial charge in [-0.3, -0.25) is 0 Å². The van der Waals surface area contributed by atoms with Crippen LogP contribution in [0, 0.1) is 0 Å². The summed E-state index contributed by atoms with van der Waals surface area (Å²) in [5.74, 6) is 0.912. The van der Waals surface area contributed by atoms with Gasteiger partial charge in [0.15, 0.2) is 0 Å². The Hall–Kier alpha value is -0.670. The highest BCUT2D eigenvalue weighted by atomic mass is 35.5. The SMILES string of the molecule is CCNC(C)c1ccc(SCc2ccc(Cl)cc2)cc1Cl. The lowest BCUT2D eigenvalue weighted by Gasteiger charge is -2.15. The molecule has 1 atom stereocenters. The monoisotopic (exact) mass is 339 g/mol. The summed E-state index contributed by atoms with van der Waals surface area (Å²) in [5, 5.41) is 4.98. The van der Waals surface area contributed by atoms with Crippen molar-refractivity contribution in [1.29, 1.82) is 0 Å². The van der Waals surface area contributed by atoms with Gasteiger partial charge in [0.25, 0.3) is 0 Å². The van der Waals surface area contributed by atoms with Crippen molar-refractivity contribution in [2.45, 2.75) is 30.5 Å². The van der Waals surface area contributed by atoms with Gasteiger partial charge in [-0.1, -0.05) is 48.3 Å². The molecule has 2 rings (SSSR count). The molecule has 0 spiro atoms. The van der Waals surface area contributed by atoms with E-state index in [1.54, 1.807) is 11.8 Å². The van der Waals surface area contributed by atoms with Gasteiger partial charge in [0.2, 0.25) is 0 Å². The molecule has 0 heterocycles. The quantitative estimate of drug-likeness (QED) is 0.652. The van der Waals surface area contributed by atoms with Crippen molar-refractivity contribution in [3.05, 3.63) is 63.6 Å². The van der Waals surface area contributed by atoms with Gasteiger partial charge < -0.3 is 5.32 Å².